The first kappa shape index (κ1) is 21.3. The Balaban J connectivity index is 1.39. The van der Waals surface area contributed by atoms with E-state index in [0.29, 0.717) is 25.1 Å². The average molecular weight is 400 g/mol. The number of aryl methyl sites for hydroxylation is 1. The molecule has 0 aliphatic carbocycles. The van der Waals surface area contributed by atoms with E-state index >= 15 is 0 Å². The maximum Gasteiger partial charge on any atom is 0.234 e. The highest BCUT2D eigenvalue weighted by molar-refractivity contribution is 5.78. The molecule has 2 aromatic carbocycles. The molecule has 0 radical (unpaired) electrons. The minimum atomic E-state index is -0.219. The van der Waals surface area contributed by atoms with Gasteiger partial charge < -0.3 is 10.1 Å². The van der Waals surface area contributed by atoms with Crippen molar-refractivity contribution in [2.45, 2.75) is 19.9 Å². The molecule has 1 fully saturated rings. The molecule has 3 rings (SSSR count). The van der Waals surface area contributed by atoms with Gasteiger partial charge in [-0.15, -0.1) is 0 Å². The molecule has 0 atom stereocenters. The van der Waals surface area contributed by atoms with E-state index in [-0.39, 0.29) is 11.7 Å². The Morgan fingerprint density at radius 1 is 1.07 bits per heavy atom. The van der Waals surface area contributed by atoms with Crippen LogP contribution in [0, 0.1) is 12.7 Å². The lowest BCUT2D eigenvalue weighted by atomic mass is 10.1. The molecule has 1 aliphatic heterocycles. The van der Waals surface area contributed by atoms with Crippen LogP contribution in [0.1, 0.15) is 16.7 Å². The third-order valence-electron chi connectivity index (χ3n) is 5.34. The highest BCUT2D eigenvalue weighted by Gasteiger charge is 2.20. The number of ether oxygens (including phenoxy) is 1. The van der Waals surface area contributed by atoms with Gasteiger partial charge in [-0.2, -0.15) is 0 Å². The summed E-state index contributed by atoms with van der Waals surface area (Å²) in [5.41, 5.74) is 3.06. The first-order valence-corrected chi connectivity index (χ1v) is 10.1. The van der Waals surface area contributed by atoms with Crippen molar-refractivity contribution < 1.29 is 13.9 Å². The van der Waals surface area contributed by atoms with Crippen LogP contribution >= 0.6 is 0 Å². The van der Waals surface area contributed by atoms with Gasteiger partial charge in [-0.1, -0.05) is 35.9 Å². The van der Waals surface area contributed by atoms with Gasteiger partial charge in [0.2, 0.25) is 5.91 Å². The molecule has 1 amide bonds. The molecule has 0 spiro atoms. The SMILES string of the molecule is COc1ccc(C)cc1CN1CCN(CC(=O)NCCc2ccccc2F)CC1. The van der Waals surface area contributed by atoms with Gasteiger partial charge in [0.25, 0.3) is 0 Å². The van der Waals surface area contributed by atoms with Gasteiger partial charge in [0.15, 0.2) is 0 Å². The maximum absolute atomic E-state index is 13.6. The van der Waals surface area contributed by atoms with Crippen molar-refractivity contribution in [1.29, 1.82) is 0 Å². The molecule has 5 nitrogen and oxygen atoms in total. The fraction of sp³-hybridized carbons (Fsp3) is 0.435. The minimum Gasteiger partial charge on any atom is -0.496 e. The van der Waals surface area contributed by atoms with Crippen LogP contribution in [0.4, 0.5) is 4.39 Å². The summed E-state index contributed by atoms with van der Waals surface area (Å²) in [7, 11) is 1.71. The Labute approximate surface area is 172 Å². The lowest BCUT2D eigenvalue weighted by Gasteiger charge is -2.34. The number of carbonyl (C=O) groups excluding carboxylic acids is 1. The number of piperazine rings is 1. The van der Waals surface area contributed by atoms with E-state index in [1.54, 1.807) is 19.2 Å². The third kappa shape index (κ3) is 6.27. The lowest BCUT2D eigenvalue weighted by molar-refractivity contribution is -0.122. The number of benzene rings is 2. The van der Waals surface area contributed by atoms with Crippen molar-refractivity contribution in [3.8, 4) is 5.75 Å². The highest BCUT2D eigenvalue weighted by Crippen LogP contribution is 2.22. The number of methoxy groups -OCH3 is 1. The smallest absolute Gasteiger partial charge is 0.234 e. The van der Waals surface area contributed by atoms with Crippen molar-refractivity contribution >= 4 is 5.91 Å². The largest absolute Gasteiger partial charge is 0.496 e. The zero-order chi connectivity index (χ0) is 20.6. The first-order chi connectivity index (χ1) is 14.0. The Morgan fingerprint density at radius 3 is 2.52 bits per heavy atom. The van der Waals surface area contributed by atoms with Crippen LogP contribution in [0.15, 0.2) is 42.5 Å². The van der Waals surface area contributed by atoms with Crippen LogP contribution in [-0.2, 0) is 17.8 Å². The summed E-state index contributed by atoms with van der Waals surface area (Å²) in [5, 5.41) is 2.90. The first-order valence-electron chi connectivity index (χ1n) is 10.1. The number of amides is 1. The normalized spacial score (nSPS) is 15.3. The topological polar surface area (TPSA) is 44.8 Å². The van der Waals surface area contributed by atoms with E-state index in [1.807, 2.05) is 12.1 Å². The second kappa shape index (κ2) is 10.4. The fourth-order valence-corrected chi connectivity index (χ4v) is 3.67. The van der Waals surface area contributed by atoms with Crippen LogP contribution in [0.3, 0.4) is 0 Å². The molecule has 29 heavy (non-hydrogen) atoms. The van der Waals surface area contributed by atoms with Gasteiger partial charge in [0, 0.05) is 44.8 Å². The minimum absolute atomic E-state index is 0.00450. The zero-order valence-electron chi connectivity index (χ0n) is 17.3. The van der Waals surface area contributed by atoms with Gasteiger partial charge >= 0.3 is 0 Å². The van der Waals surface area contributed by atoms with E-state index in [1.165, 1.54) is 17.2 Å². The molecule has 1 saturated heterocycles. The Kier molecular flexibility index (Phi) is 7.61. The number of hydrogen-bond acceptors (Lipinski definition) is 4. The van der Waals surface area contributed by atoms with Crippen molar-refractivity contribution in [1.82, 2.24) is 15.1 Å². The molecule has 1 aliphatic rings. The van der Waals surface area contributed by atoms with Gasteiger partial charge in [-0.3, -0.25) is 14.6 Å². The van der Waals surface area contributed by atoms with Crippen LogP contribution in [-0.4, -0.2) is 62.1 Å². The van der Waals surface area contributed by atoms with Gasteiger partial charge in [-0.05, 0) is 31.0 Å². The molecular weight excluding hydrogens is 369 g/mol. The van der Waals surface area contributed by atoms with Crippen LogP contribution in [0.25, 0.3) is 0 Å². The van der Waals surface area contributed by atoms with Gasteiger partial charge in [0.1, 0.15) is 11.6 Å². The molecule has 0 aromatic heterocycles. The van der Waals surface area contributed by atoms with Gasteiger partial charge in [0.05, 0.1) is 13.7 Å². The van der Waals surface area contributed by atoms with E-state index in [4.69, 9.17) is 4.74 Å². The molecule has 0 unspecified atom stereocenters. The molecule has 2 aromatic rings. The summed E-state index contributed by atoms with van der Waals surface area (Å²) in [6.07, 6.45) is 0.504. The fourth-order valence-electron chi connectivity index (χ4n) is 3.67. The molecule has 156 valence electrons. The number of hydrogen-bond donors (Lipinski definition) is 1. The molecule has 1 N–H and O–H groups in total. The summed E-state index contributed by atoms with van der Waals surface area (Å²) in [6.45, 7) is 7.33. The monoisotopic (exact) mass is 399 g/mol. The standard InChI is InChI=1S/C23H30FN3O2/c1-18-7-8-22(29-2)20(15-18)16-26-11-13-27(14-12-26)17-23(28)25-10-9-19-5-3-4-6-21(19)24/h3-8,15H,9-14,16-17H2,1-2H3,(H,25,28). The molecule has 0 bridgehead atoms. The molecule has 0 saturated carbocycles. The van der Waals surface area contributed by atoms with E-state index in [2.05, 4.69) is 34.2 Å². The van der Waals surface area contributed by atoms with E-state index in [9.17, 15) is 9.18 Å². The Bertz CT molecular complexity index is 820. The lowest BCUT2D eigenvalue weighted by Crippen LogP contribution is -2.49. The summed E-state index contributed by atoms with van der Waals surface area (Å²) in [6, 6.07) is 12.9. The number of halogens is 1. The highest BCUT2D eigenvalue weighted by atomic mass is 19.1. The predicted molar refractivity (Wildman–Crippen MR) is 113 cm³/mol. The Hall–Kier alpha value is -2.44. The number of carbonyl (C=O) groups is 1. The predicted octanol–water partition coefficient (Wildman–Crippen LogP) is 2.62. The zero-order valence-corrected chi connectivity index (χ0v) is 17.3. The Morgan fingerprint density at radius 2 is 1.79 bits per heavy atom. The van der Waals surface area contributed by atoms with Crippen LogP contribution in [0.5, 0.6) is 5.75 Å². The van der Waals surface area contributed by atoms with Gasteiger partial charge in [-0.25, -0.2) is 4.39 Å². The molecule has 1 heterocycles. The summed E-state index contributed by atoms with van der Waals surface area (Å²) >= 11 is 0. The average Bonchev–Trinajstić information content (AvgIpc) is 2.71. The second-order valence-corrected chi connectivity index (χ2v) is 7.56. The third-order valence-corrected chi connectivity index (χ3v) is 5.34. The summed E-state index contributed by atoms with van der Waals surface area (Å²) < 4.78 is 19.1. The number of rotatable bonds is 8. The second-order valence-electron chi connectivity index (χ2n) is 7.56. The van der Waals surface area contributed by atoms with Crippen molar-refractivity contribution in [3.63, 3.8) is 0 Å². The summed E-state index contributed by atoms with van der Waals surface area (Å²) in [4.78, 5) is 16.8. The molecule has 6 heteroatoms. The van der Waals surface area contributed by atoms with Crippen molar-refractivity contribution in [3.05, 3.63) is 65.0 Å². The van der Waals surface area contributed by atoms with Crippen molar-refractivity contribution in [2.24, 2.45) is 0 Å². The van der Waals surface area contributed by atoms with Crippen LogP contribution < -0.4 is 10.1 Å². The van der Waals surface area contributed by atoms with E-state index in [0.717, 1.165) is 38.5 Å². The number of nitrogens with zero attached hydrogens (tertiary/aromatic N) is 2. The van der Waals surface area contributed by atoms with Crippen molar-refractivity contribution in [2.75, 3.05) is 46.4 Å². The summed E-state index contributed by atoms with van der Waals surface area (Å²) in [5.74, 6) is 0.700. The molecular formula is C23H30FN3O2. The number of nitrogens with one attached hydrogen (secondary N) is 1. The van der Waals surface area contributed by atoms with E-state index < -0.39 is 0 Å². The quantitative estimate of drug-likeness (QED) is 0.741. The maximum atomic E-state index is 13.6. The van der Waals surface area contributed by atoms with Crippen LogP contribution in [0.2, 0.25) is 0 Å².